The topological polar surface area (TPSA) is 75.2 Å². The maximum Gasteiger partial charge on any atom is 0.243 e. The van der Waals surface area contributed by atoms with Crippen molar-refractivity contribution in [3.8, 4) is 11.5 Å². The van der Waals surface area contributed by atoms with Crippen molar-refractivity contribution in [1.29, 1.82) is 0 Å². The lowest BCUT2D eigenvalue weighted by Gasteiger charge is -2.15. The van der Waals surface area contributed by atoms with Gasteiger partial charge in [-0.1, -0.05) is 6.07 Å². The fraction of sp³-hybridized carbons (Fsp3) is 0.368. The molecular weight excluding hydrogens is 491 g/mol. The van der Waals surface area contributed by atoms with E-state index in [9.17, 15) is 4.79 Å². The van der Waals surface area contributed by atoms with Gasteiger partial charge in [0, 0.05) is 37.3 Å². The van der Waals surface area contributed by atoms with Crippen LogP contribution < -0.4 is 20.1 Å². The molecule has 9 heteroatoms. The van der Waals surface area contributed by atoms with Crippen LogP contribution in [0, 0.1) is 0 Å². The third-order valence-corrected chi connectivity index (χ3v) is 4.70. The molecule has 1 aromatic carbocycles. The van der Waals surface area contributed by atoms with Crippen LogP contribution in [0.1, 0.15) is 4.88 Å². The van der Waals surface area contributed by atoms with Crippen molar-refractivity contribution in [2.24, 2.45) is 4.99 Å². The summed E-state index contributed by atoms with van der Waals surface area (Å²) in [5.74, 6) is 1.73. The van der Waals surface area contributed by atoms with Crippen LogP contribution in [0.5, 0.6) is 11.5 Å². The average molecular weight is 518 g/mol. The summed E-state index contributed by atoms with van der Waals surface area (Å²) in [6.45, 7) is 0.768. The molecule has 2 rings (SSSR count). The third-order valence-electron chi connectivity index (χ3n) is 3.76. The molecule has 0 aliphatic heterocycles. The number of nitrogens with one attached hydrogen (secondary N) is 2. The van der Waals surface area contributed by atoms with Crippen molar-refractivity contribution < 1.29 is 14.3 Å². The Balaban J connectivity index is 0.00000392. The molecule has 0 spiro atoms. The van der Waals surface area contributed by atoms with E-state index in [0.717, 1.165) is 12.1 Å². The van der Waals surface area contributed by atoms with Crippen LogP contribution >= 0.6 is 35.3 Å². The summed E-state index contributed by atoms with van der Waals surface area (Å²) < 4.78 is 10.6. The largest absolute Gasteiger partial charge is 0.493 e. The summed E-state index contributed by atoms with van der Waals surface area (Å²) in [6.07, 6.45) is 0.881. The minimum atomic E-state index is -0.0679. The third kappa shape index (κ3) is 7.55. The van der Waals surface area contributed by atoms with Crippen LogP contribution in [0.15, 0.2) is 40.7 Å². The standard InChI is InChI=1S/C19H26N4O3S.HI/c1-23(2)18(24)13-21-19(20-10-9-15-6-5-11-27-15)22-14-7-8-16(25-3)17(12-14)26-4;/h5-8,11-12H,9-10,13H2,1-4H3,(H2,20,21,22);1H. The number of aliphatic imine (C=N–C) groups is 1. The van der Waals surface area contributed by atoms with Crippen LogP contribution in [0.25, 0.3) is 0 Å². The molecule has 0 saturated heterocycles. The molecule has 1 heterocycles. The molecule has 7 nitrogen and oxygen atoms in total. The van der Waals surface area contributed by atoms with Crippen molar-refractivity contribution >= 4 is 52.9 Å². The summed E-state index contributed by atoms with van der Waals surface area (Å²) in [6, 6.07) is 9.64. The van der Waals surface area contributed by atoms with Gasteiger partial charge in [-0.15, -0.1) is 35.3 Å². The van der Waals surface area contributed by atoms with E-state index in [1.54, 1.807) is 39.7 Å². The number of amides is 1. The molecule has 2 aromatic rings. The molecule has 0 fully saturated rings. The number of anilines is 1. The summed E-state index contributed by atoms with van der Waals surface area (Å²) in [7, 11) is 6.61. The van der Waals surface area contributed by atoms with E-state index in [2.05, 4.69) is 27.1 Å². The first-order valence-electron chi connectivity index (χ1n) is 8.53. The maximum atomic E-state index is 11.9. The number of halogens is 1. The van der Waals surface area contributed by atoms with E-state index < -0.39 is 0 Å². The molecule has 0 radical (unpaired) electrons. The van der Waals surface area contributed by atoms with Gasteiger partial charge in [0.1, 0.15) is 6.54 Å². The van der Waals surface area contributed by atoms with Gasteiger partial charge in [0.25, 0.3) is 0 Å². The minimum absolute atomic E-state index is 0. The Morgan fingerprint density at radius 1 is 1.18 bits per heavy atom. The monoisotopic (exact) mass is 518 g/mol. The van der Waals surface area contributed by atoms with E-state index in [1.165, 1.54) is 9.78 Å². The summed E-state index contributed by atoms with van der Waals surface area (Å²) in [5, 5.41) is 8.54. The maximum absolute atomic E-state index is 11.9. The van der Waals surface area contributed by atoms with Crippen molar-refractivity contribution in [1.82, 2.24) is 10.2 Å². The summed E-state index contributed by atoms with van der Waals surface area (Å²) in [5.41, 5.74) is 0.785. The lowest BCUT2D eigenvalue weighted by molar-refractivity contribution is -0.127. The van der Waals surface area contributed by atoms with Gasteiger partial charge in [-0.3, -0.25) is 4.79 Å². The van der Waals surface area contributed by atoms with Crippen LogP contribution in [0.4, 0.5) is 5.69 Å². The van der Waals surface area contributed by atoms with E-state index in [-0.39, 0.29) is 36.4 Å². The number of carbonyl (C=O) groups excluding carboxylic acids is 1. The molecule has 0 aliphatic carbocycles. The number of methoxy groups -OCH3 is 2. The zero-order valence-electron chi connectivity index (χ0n) is 16.5. The molecular formula is C19H27IN4O3S. The Morgan fingerprint density at radius 2 is 1.93 bits per heavy atom. The van der Waals surface area contributed by atoms with E-state index in [0.29, 0.717) is 24.0 Å². The molecule has 1 aromatic heterocycles. The molecule has 0 aliphatic rings. The molecule has 0 atom stereocenters. The highest BCUT2D eigenvalue weighted by Gasteiger charge is 2.08. The van der Waals surface area contributed by atoms with Gasteiger partial charge < -0.3 is 25.0 Å². The zero-order chi connectivity index (χ0) is 19.6. The Labute approximate surface area is 187 Å². The lowest BCUT2D eigenvalue weighted by Crippen LogP contribution is -2.34. The van der Waals surface area contributed by atoms with E-state index in [4.69, 9.17) is 9.47 Å². The van der Waals surface area contributed by atoms with Gasteiger partial charge in [0.2, 0.25) is 5.91 Å². The second-order valence-electron chi connectivity index (χ2n) is 5.90. The van der Waals surface area contributed by atoms with Gasteiger partial charge >= 0.3 is 0 Å². The van der Waals surface area contributed by atoms with Crippen LogP contribution in [0.3, 0.4) is 0 Å². The number of guanidine groups is 1. The predicted octanol–water partition coefficient (Wildman–Crippen LogP) is 3.07. The summed E-state index contributed by atoms with van der Waals surface area (Å²) >= 11 is 1.72. The molecule has 0 unspecified atom stereocenters. The zero-order valence-corrected chi connectivity index (χ0v) is 19.7. The van der Waals surface area contributed by atoms with Gasteiger partial charge in [0.05, 0.1) is 14.2 Å². The van der Waals surface area contributed by atoms with Crippen molar-refractivity contribution in [2.75, 3.05) is 46.7 Å². The van der Waals surface area contributed by atoms with Crippen molar-refractivity contribution in [3.05, 3.63) is 40.6 Å². The van der Waals surface area contributed by atoms with Gasteiger partial charge in [0.15, 0.2) is 17.5 Å². The fourth-order valence-corrected chi connectivity index (χ4v) is 2.95. The number of carbonyl (C=O) groups is 1. The van der Waals surface area contributed by atoms with Crippen LogP contribution in [-0.2, 0) is 11.2 Å². The lowest BCUT2D eigenvalue weighted by atomic mass is 10.2. The van der Waals surface area contributed by atoms with Gasteiger partial charge in [-0.2, -0.15) is 0 Å². The number of thiophene rings is 1. The van der Waals surface area contributed by atoms with Gasteiger partial charge in [-0.05, 0) is 30.0 Å². The molecule has 28 heavy (non-hydrogen) atoms. The summed E-state index contributed by atoms with van der Waals surface area (Å²) in [4.78, 5) is 19.1. The number of benzene rings is 1. The first kappa shape index (κ1) is 24.0. The van der Waals surface area contributed by atoms with Crippen LogP contribution in [0.2, 0.25) is 0 Å². The Hall–Kier alpha value is -2.01. The number of likely N-dealkylation sites (N-methyl/N-ethyl adjacent to an activating group) is 1. The fourth-order valence-electron chi connectivity index (χ4n) is 2.24. The van der Waals surface area contributed by atoms with Crippen molar-refractivity contribution in [2.45, 2.75) is 6.42 Å². The Bertz CT molecular complexity index is 767. The van der Waals surface area contributed by atoms with Crippen LogP contribution in [-0.4, -0.2) is 58.2 Å². The molecule has 2 N–H and O–H groups in total. The first-order chi connectivity index (χ1) is 13.0. The quantitative estimate of drug-likeness (QED) is 0.319. The second kappa shape index (κ2) is 12.4. The normalized spacial score (nSPS) is 10.6. The van der Waals surface area contributed by atoms with Crippen molar-refractivity contribution in [3.63, 3.8) is 0 Å². The number of hydrogen-bond acceptors (Lipinski definition) is 5. The highest BCUT2D eigenvalue weighted by Crippen LogP contribution is 2.29. The Morgan fingerprint density at radius 3 is 2.54 bits per heavy atom. The molecule has 154 valence electrons. The van der Waals surface area contributed by atoms with Gasteiger partial charge in [-0.25, -0.2) is 4.99 Å². The average Bonchev–Trinajstić information content (AvgIpc) is 3.18. The molecule has 1 amide bonds. The number of hydrogen-bond donors (Lipinski definition) is 2. The highest BCUT2D eigenvalue weighted by molar-refractivity contribution is 14.0. The number of ether oxygens (including phenoxy) is 2. The van der Waals surface area contributed by atoms with E-state index >= 15 is 0 Å². The number of rotatable bonds is 8. The first-order valence-corrected chi connectivity index (χ1v) is 9.41. The highest BCUT2D eigenvalue weighted by atomic mass is 127. The molecule has 0 saturated carbocycles. The second-order valence-corrected chi connectivity index (χ2v) is 6.94. The SMILES string of the molecule is COc1ccc(NC(=NCC(=O)N(C)C)NCCc2cccs2)cc1OC.I. The minimum Gasteiger partial charge on any atom is -0.493 e. The smallest absolute Gasteiger partial charge is 0.243 e. The number of nitrogens with zero attached hydrogens (tertiary/aromatic N) is 2. The predicted molar refractivity (Wildman–Crippen MR) is 126 cm³/mol. The Kier molecular flexibility index (Phi) is 10.7. The molecule has 0 bridgehead atoms. The van der Waals surface area contributed by atoms with E-state index in [1.807, 2.05) is 24.3 Å².